The van der Waals surface area contributed by atoms with Gasteiger partial charge in [-0.25, -0.2) is 14.6 Å². The Morgan fingerprint density at radius 1 is 1.10 bits per heavy atom. The Labute approximate surface area is 193 Å². The van der Waals surface area contributed by atoms with Crippen molar-refractivity contribution in [2.24, 2.45) is 0 Å². The van der Waals surface area contributed by atoms with Gasteiger partial charge in [0.05, 0.1) is 11.2 Å². The molecule has 0 saturated carbocycles. The second-order valence-electron chi connectivity index (χ2n) is 7.84. The van der Waals surface area contributed by atoms with Gasteiger partial charge in [-0.2, -0.15) is 0 Å². The highest BCUT2D eigenvalue weighted by molar-refractivity contribution is 9.10. The summed E-state index contributed by atoms with van der Waals surface area (Å²) in [5, 5.41) is 4.78. The molecule has 2 amide bonds. The number of rotatable bonds is 3. The molecule has 0 aliphatic carbocycles. The number of carbonyl (C=O) groups is 2. The van der Waals surface area contributed by atoms with Crippen molar-refractivity contribution in [3.05, 3.63) is 69.9 Å². The summed E-state index contributed by atoms with van der Waals surface area (Å²) in [5.41, 5.74) is 0.473. The van der Waals surface area contributed by atoms with E-state index in [9.17, 15) is 9.59 Å². The van der Waals surface area contributed by atoms with E-state index in [2.05, 4.69) is 31.0 Å². The summed E-state index contributed by atoms with van der Waals surface area (Å²) in [5.74, 6) is -0.373. The molecular weight excluding hydrogens is 484 g/mol. The summed E-state index contributed by atoms with van der Waals surface area (Å²) in [7, 11) is 0. The van der Waals surface area contributed by atoms with Gasteiger partial charge < -0.3 is 9.80 Å². The monoisotopic (exact) mass is 502 g/mol. The Morgan fingerprint density at radius 3 is 2.52 bits per heavy atom. The van der Waals surface area contributed by atoms with Crippen LogP contribution >= 0.6 is 27.5 Å². The molecule has 4 rings (SSSR count). The fourth-order valence-electron chi connectivity index (χ4n) is 3.63. The van der Waals surface area contributed by atoms with Crippen molar-refractivity contribution in [2.75, 3.05) is 19.6 Å². The Kier molecular flexibility index (Phi) is 5.81. The number of hydrogen-bond donors (Lipinski definition) is 0. The number of amides is 2. The zero-order valence-electron chi connectivity index (χ0n) is 17.0. The van der Waals surface area contributed by atoms with E-state index in [-0.39, 0.29) is 23.3 Å². The Morgan fingerprint density at radius 2 is 1.84 bits per heavy atom. The fourth-order valence-corrected chi connectivity index (χ4v) is 4.40. The summed E-state index contributed by atoms with van der Waals surface area (Å²) in [6.45, 7) is 4.92. The largest absolute Gasteiger partial charge is 0.333 e. The van der Waals surface area contributed by atoms with Gasteiger partial charge >= 0.3 is 0 Å². The number of para-hydroxylation sites is 1. The first-order valence-corrected chi connectivity index (χ1v) is 10.8. The molecule has 3 heterocycles. The molecule has 1 aliphatic rings. The van der Waals surface area contributed by atoms with Crippen LogP contribution < -0.4 is 0 Å². The zero-order valence-corrected chi connectivity index (χ0v) is 19.3. The van der Waals surface area contributed by atoms with Gasteiger partial charge in [-0.05, 0) is 54.0 Å². The van der Waals surface area contributed by atoms with Gasteiger partial charge in [-0.15, -0.1) is 5.10 Å². The van der Waals surface area contributed by atoms with Crippen LogP contribution in [0.25, 0.3) is 5.69 Å². The highest BCUT2D eigenvalue weighted by Gasteiger charge is 2.40. The van der Waals surface area contributed by atoms with E-state index in [0.717, 1.165) is 5.69 Å². The lowest BCUT2D eigenvalue weighted by molar-refractivity contribution is 0.0158. The van der Waals surface area contributed by atoms with Gasteiger partial charge in [0, 0.05) is 24.7 Å². The maximum Gasteiger partial charge on any atom is 0.294 e. The van der Waals surface area contributed by atoms with Crippen molar-refractivity contribution in [1.82, 2.24) is 29.5 Å². The molecule has 10 heteroatoms. The smallest absolute Gasteiger partial charge is 0.294 e. The molecule has 0 bridgehead atoms. The molecule has 0 N–H and O–H groups in total. The van der Waals surface area contributed by atoms with Gasteiger partial charge in [-0.3, -0.25) is 9.59 Å². The highest BCUT2D eigenvalue weighted by atomic mass is 79.9. The van der Waals surface area contributed by atoms with E-state index in [0.29, 0.717) is 29.3 Å². The molecule has 0 unspecified atom stereocenters. The third-order valence-electron chi connectivity index (χ3n) is 5.12. The molecule has 0 atom stereocenters. The summed E-state index contributed by atoms with van der Waals surface area (Å²) >= 11 is 9.32. The van der Waals surface area contributed by atoms with Crippen LogP contribution in [0.4, 0.5) is 0 Å². The number of pyridine rings is 1. The van der Waals surface area contributed by atoms with E-state index in [4.69, 9.17) is 11.6 Å². The third kappa shape index (κ3) is 4.47. The molecule has 1 fully saturated rings. The molecule has 31 heavy (non-hydrogen) atoms. The average Bonchev–Trinajstić information content (AvgIpc) is 3.22. The van der Waals surface area contributed by atoms with Gasteiger partial charge in [0.2, 0.25) is 5.82 Å². The molecule has 8 nitrogen and oxygen atoms in total. The van der Waals surface area contributed by atoms with E-state index in [1.54, 1.807) is 26.6 Å². The molecule has 3 aromatic rings. The zero-order chi connectivity index (χ0) is 22.2. The molecule has 0 spiro atoms. The van der Waals surface area contributed by atoms with E-state index >= 15 is 0 Å². The minimum Gasteiger partial charge on any atom is -0.333 e. The first-order valence-electron chi connectivity index (χ1n) is 9.66. The van der Waals surface area contributed by atoms with Crippen LogP contribution in [0.15, 0.2) is 53.4 Å². The Bertz CT molecular complexity index is 1110. The summed E-state index contributed by atoms with van der Waals surface area (Å²) in [6.07, 6.45) is 1.53. The predicted molar refractivity (Wildman–Crippen MR) is 119 cm³/mol. The number of piperazine rings is 1. The highest BCUT2D eigenvalue weighted by Crippen LogP contribution is 2.25. The minimum atomic E-state index is -0.612. The Hall–Kier alpha value is -2.78. The Balaban J connectivity index is 1.50. The number of hydrogen-bond acceptors (Lipinski definition) is 5. The summed E-state index contributed by atoms with van der Waals surface area (Å²) < 4.78 is 2.07. The van der Waals surface area contributed by atoms with Crippen LogP contribution in [0.2, 0.25) is 5.02 Å². The lowest BCUT2D eigenvalue weighted by atomic mass is 9.98. The maximum atomic E-state index is 13.1. The van der Waals surface area contributed by atoms with Crippen LogP contribution in [0.5, 0.6) is 0 Å². The summed E-state index contributed by atoms with van der Waals surface area (Å²) in [6, 6.07) is 12.6. The van der Waals surface area contributed by atoms with Crippen molar-refractivity contribution < 1.29 is 9.59 Å². The van der Waals surface area contributed by atoms with Crippen molar-refractivity contribution in [2.45, 2.75) is 19.4 Å². The van der Waals surface area contributed by atoms with Crippen molar-refractivity contribution >= 4 is 39.3 Å². The number of halogens is 2. The molecule has 160 valence electrons. The van der Waals surface area contributed by atoms with Crippen LogP contribution in [0.1, 0.15) is 35.0 Å². The number of carbonyl (C=O) groups excluding carboxylic acids is 2. The third-order valence-corrected chi connectivity index (χ3v) is 5.74. The van der Waals surface area contributed by atoms with Crippen LogP contribution in [0, 0.1) is 0 Å². The second-order valence-corrected chi connectivity index (χ2v) is 9.09. The first kappa shape index (κ1) is 21.5. The molecule has 2 aromatic heterocycles. The summed E-state index contributed by atoms with van der Waals surface area (Å²) in [4.78, 5) is 37.9. The number of benzene rings is 1. The number of nitrogens with zero attached hydrogens (tertiary/aromatic N) is 6. The fraction of sp³-hybridized carbons (Fsp3) is 0.286. The second kappa shape index (κ2) is 8.39. The van der Waals surface area contributed by atoms with Crippen molar-refractivity contribution in [3.8, 4) is 5.69 Å². The average molecular weight is 504 g/mol. The quantitative estimate of drug-likeness (QED) is 0.511. The van der Waals surface area contributed by atoms with E-state index in [1.807, 2.05) is 44.2 Å². The van der Waals surface area contributed by atoms with E-state index in [1.165, 1.54) is 6.33 Å². The van der Waals surface area contributed by atoms with Gasteiger partial charge in [0.25, 0.3) is 11.8 Å². The standard InChI is InChI=1S/C21H20BrClN6O2/c1-21(2)12-27(19(30)16-10-14(23)11-17(22)25-16)8-9-28(21)20(31)18-24-13-29(26-18)15-6-4-3-5-7-15/h3-7,10-11,13H,8-9,12H2,1-2H3. The lowest BCUT2D eigenvalue weighted by Gasteiger charge is -2.46. The van der Waals surface area contributed by atoms with Crippen LogP contribution in [-0.4, -0.2) is 66.5 Å². The first-order chi connectivity index (χ1) is 14.7. The SMILES string of the molecule is CC1(C)CN(C(=O)c2cc(Cl)cc(Br)n2)CCN1C(=O)c1ncn(-c2ccccc2)n1. The molecule has 1 aliphatic heterocycles. The molecule has 0 radical (unpaired) electrons. The van der Waals surface area contributed by atoms with Crippen LogP contribution in [0.3, 0.4) is 0 Å². The molecule has 1 aromatic carbocycles. The maximum absolute atomic E-state index is 13.1. The molecule has 1 saturated heterocycles. The van der Waals surface area contributed by atoms with Gasteiger partial charge in [0.15, 0.2) is 0 Å². The lowest BCUT2D eigenvalue weighted by Crippen LogP contribution is -2.62. The number of aromatic nitrogens is 4. The minimum absolute atomic E-state index is 0.122. The van der Waals surface area contributed by atoms with Gasteiger partial charge in [-0.1, -0.05) is 29.8 Å². The normalized spacial score (nSPS) is 15.7. The molecular formula is C21H20BrClN6O2. The van der Waals surface area contributed by atoms with Crippen LogP contribution in [-0.2, 0) is 0 Å². The van der Waals surface area contributed by atoms with Crippen molar-refractivity contribution in [1.29, 1.82) is 0 Å². The van der Waals surface area contributed by atoms with E-state index < -0.39 is 5.54 Å². The van der Waals surface area contributed by atoms with Crippen molar-refractivity contribution in [3.63, 3.8) is 0 Å². The predicted octanol–water partition coefficient (Wildman–Crippen LogP) is 3.46. The topological polar surface area (TPSA) is 84.2 Å². The van der Waals surface area contributed by atoms with Gasteiger partial charge in [0.1, 0.15) is 16.6 Å².